The van der Waals surface area contributed by atoms with E-state index in [1.54, 1.807) is 5.57 Å². The molecule has 5 rings (SSSR count). The van der Waals surface area contributed by atoms with Gasteiger partial charge in [0.15, 0.2) is 0 Å². The lowest BCUT2D eigenvalue weighted by atomic mass is 9.47. The number of aliphatic hydroxyl groups excluding tert-OH is 3. The fourth-order valence-electron chi connectivity index (χ4n) is 11.1. The molecule has 13 atom stereocenters. The summed E-state index contributed by atoms with van der Waals surface area (Å²) in [6.07, 6.45) is 18.2. The smallest absolute Gasteiger partial charge is 0.129 e. The Morgan fingerprint density at radius 2 is 1.63 bits per heavy atom. The summed E-state index contributed by atoms with van der Waals surface area (Å²) in [7, 11) is 0. The molecule has 7 heteroatoms. The van der Waals surface area contributed by atoms with E-state index >= 15 is 0 Å². The normalized spacial score (nSPS) is 43.1. The van der Waals surface area contributed by atoms with Crippen LogP contribution in [0.3, 0.4) is 0 Å². The summed E-state index contributed by atoms with van der Waals surface area (Å²) in [6, 6.07) is 0. The minimum absolute atomic E-state index is 0.360. The zero-order valence-electron chi connectivity index (χ0n) is 29.7. The standard InChI is InChI=1S/C39H68O6S/c1-25(2)11-10-12-26(3)30-15-16-31-29-14-13-27-23-28(17-19-38(27,4)32(29)18-20-39(30,31)5)43-21-8-6-7-9-22-44-36-35(42)34(41)33(24-40)45-37(36)46/h13,25-26,28-37,40-42,46H,6-12,14-24H2,1-5H3/t26-,28?,29+,30-,31+,32+,33-,34-,35+,36+,37+,38+,39-/m1/s1. The third-order valence-corrected chi connectivity index (χ3v) is 14.2. The van der Waals surface area contributed by atoms with Gasteiger partial charge in [0.1, 0.15) is 29.9 Å². The molecule has 0 bridgehead atoms. The monoisotopic (exact) mass is 664 g/mol. The lowest BCUT2D eigenvalue weighted by Crippen LogP contribution is -2.57. The summed E-state index contributed by atoms with van der Waals surface area (Å²) in [5.41, 5.74) is 1.98. The minimum atomic E-state index is -1.17. The Kier molecular flexibility index (Phi) is 13.1. The molecule has 3 N–H and O–H groups in total. The molecule has 46 heavy (non-hydrogen) atoms. The van der Waals surface area contributed by atoms with Crippen molar-refractivity contribution >= 4 is 12.6 Å². The van der Waals surface area contributed by atoms with Crippen LogP contribution in [0, 0.1) is 46.3 Å². The third kappa shape index (κ3) is 7.92. The van der Waals surface area contributed by atoms with Crippen LogP contribution in [0.5, 0.6) is 0 Å². The van der Waals surface area contributed by atoms with E-state index in [0.717, 1.165) is 74.2 Å². The molecule has 266 valence electrons. The predicted octanol–water partition coefficient (Wildman–Crippen LogP) is 7.73. The molecule has 1 heterocycles. The van der Waals surface area contributed by atoms with Gasteiger partial charge in [-0.05, 0) is 111 Å². The molecule has 1 saturated heterocycles. The van der Waals surface area contributed by atoms with Gasteiger partial charge in [-0.1, -0.05) is 78.4 Å². The van der Waals surface area contributed by atoms with E-state index in [1.165, 1.54) is 64.2 Å². The number of allylic oxidation sites excluding steroid dienone is 1. The molecule has 0 radical (unpaired) electrons. The van der Waals surface area contributed by atoms with Crippen molar-refractivity contribution in [2.24, 2.45) is 46.3 Å². The molecule has 4 aliphatic carbocycles. The highest BCUT2D eigenvalue weighted by molar-refractivity contribution is 7.80. The molecule has 4 fully saturated rings. The van der Waals surface area contributed by atoms with E-state index in [2.05, 4.69) is 53.3 Å². The predicted molar refractivity (Wildman–Crippen MR) is 188 cm³/mol. The highest BCUT2D eigenvalue weighted by Crippen LogP contribution is 2.67. The highest BCUT2D eigenvalue weighted by atomic mass is 32.1. The van der Waals surface area contributed by atoms with Crippen LogP contribution in [0.2, 0.25) is 0 Å². The lowest BCUT2D eigenvalue weighted by Gasteiger charge is -2.58. The Hall–Kier alpha value is -0.150. The summed E-state index contributed by atoms with van der Waals surface area (Å²) in [5, 5.41) is 29.7. The van der Waals surface area contributed by atoms with Gasteiger partial charge in [0, 0.05) is 13.2 Å². The van der Waals surface area contributed by atoms with Gasteiger partial charge in [-0.15, -0.1) is 12.6 Å². The Labute approximate surface area is 286 Å². The number of thiol groups is 1. The van der Waals surface area contributed by atoms with Gasteiger partial charge in [-0.2, -0.15) is 0 Å². The summed E-state index contributed by atoms with van der Waals surface area (Å²) in [4.78, 5) is 0. The van der Waals surface area contributed by atoms with Crippen LogP contribution in [-0.2, 0) is 14.2 Å². The van der Waals surface area contributed by atoms with Crippen LogP contribution in [-0.4, -0.2) is 71.1 Å². The van der Waals surface area contributed by atoms with Crippen LogP contribution in [0.4, 0.5) is 0 Å². The number of fused-ring (bicyclic) bond motifs is 5. The van der Waals surface area contributed by atoms with E-state index in [4.69, 9.17) is 14.2 Å². The first-order valence-electron chi connectivity index (χ1n) is 19.2. The van der Waals surface area contributed by atoms with Gasteiger partial charge in [0.05, 0.1) is 12.7 Å². The fraction of sp³-hybridized carbons (Fsp3) is 0.949. The summed E-state index contributed by atoms with van der Waals surface area (Å²) < 4.78 is 17.7. The maximum atomic E-state index is 10.3. The summed E-state index contributed by atoms with van der Waals surface area (Å²) >= 11 is 4.34. The van der Waals surface area contributed by atoms with Crippen LogP contribution in [0.15, 0.2) is 11.6 Å². The maximum Gasteiger partial charge on any atom is 0.129 e. The molecular weight excluding hydrogens is 596 g/mol. The quantitative estimate of drug-likeness (QED) is 0.0815. The Morgan fingerprint density at radius 3 is 2.35 bits per heavy atom. The van der Waals surface area contributed by atoms with E-state index in [-0.39, 0.29) is 6.61 Å². The first-order valence-corrected chi connectivity index (χ1v) is 19.7. The van der Waals surface area contributed by atoms with Gasteiger partial charge in [-0.3, -0.25) is 0 Å². The molecule has 3 saturated carbocycles. The van der Waals surface area contributed by atoms with E-state index < -0.39 is 29.9 Å². The number of ether oxygens (including phenoxy) is 3. The SMILES string of the molecule is CC(C)CCC[C@@H](C)[C@H]1CC[C@H]2[C@@H]3CC=C4CC(OCCCCCCO[C@H]5[C@@H](O)[C@H](O)[C@@H](CO)O[C@H]5S)CC[C@]4(C)[C@H]3CC[C@]12C. The largest absolute Gasteiger partial charge is 0.394 e. The van der Waals surface area contributed by atoms with Crippen molar-refractivity contribution in [3.8, 4) is 0 Å². The van der Waals surface area contributed by atoms with Crippen molar-refractivity contribution in [2.75, 3.05) is 19.8 Å². The average molecular weight is 665 g/mol. The molecule has 1 aliphatic heterocycles. The van der Waals surface area contributed by atoms with Crippen LogP contribution in [0.1, 0.15) is 131 Å². The Morgan fingerprint density at radius 1 is 0.891 bits per heavy atom. The Bertz CT molecular complexity index is 990. The number of unbranched alkanes of at least 4 members (excludes halogenated alkanes) is 3. The molecule has 6 nitrogen and oxygen atoms in total. The first kappa shape index (κ1) is 37.1. The maximum absolute atomic E-state index is 10.3. The zero-order chi connectivity index (χ0) is 33.1. The zero-order valence-corrected chi connectivity index (χ0v) is 30.6. The van der Waals surface area contributed by atoms with Crippen molar-refractivity contribution in [1.29, 1.82) is 0 Å². The van der Waals surface area contributed by atoms with Gasteiger partial charge >= 0.3 is 0 Å². The molecule has 5 aliphatic rings. The molecule has 0 amide bonds. The van der Waals surface area contributed by atoms with Crippen molar-refractivity contribution in [2.45, 2.75) is 167 Å². The van der Waals surface area contributed by atoms with Crippen molar-refractivity contribution in [3.05, 3.63) is 11.6 Å². The fourth-order valence-corrected chi connectivity index (χ4v) is 11.5. The van der Waals surface area contributed by atoms with Crippen LogP contribution < -0.4 is 0 Å². The van der Waals surface area contributed by atoms with Crippen LogP contribution in [0.25, 0.3) is 0 Å². The van der Waals surface area contributed by atoms with Gasteiger partial charge in [0.2, 0.25) is 0 Å². The van der Waals surface area contributed by atoms with Crippen molar-refractivity contribution < 1.29 is 29.5 Å². The van der Waals surface area contributed by atoms with Crippen molar-refractivity contribution in [1.82, 2.24) is 0 Å². The third-order valence-electron chi connectivity index (χ3n) is 13.8. The summed E-state index contributed by atoms with van der Waals surface area (Å²) in [6.45, 7) is 13.6. The summed E-state index contributed by atoms with van der Waals surface area (Å²) in [5.74, 6) is 5.30. The molecule has 1 unspecified atom stereocenters. The van der Waals surface area contributed by atoms with E-state index in [1.807, 2.05) is 0 Å². The lowest BCUT2D eigenvalue weighted by molar-refractivity contribution is -0.218. The molecule has 0 aromatic heterocycles. The number of aliphatic hydroxyl groups is 3. The number of hydrogen-bond acceptors (Lipinski definition) is 7. The molecule has 0 spiro atoms. The van der Waals surface area contributed by atoms with Crippen LogP contribution >= 0.6 is 12.6 Å². The second kappa shape index (κ2) is 16.2. The minimum Gasteiger partial charge on any atom is -0.394 e. The highest BCUT2D eigenvalue weighted by Gasteiger charge is 2.59. The molecule has 0 aromatic carbocycles. The first-order chi connectivity index (χ1) is 22.0. The van der Waals surface area contributed by atoms with Gasteiger partial charge in [-0.25, -0.2) is 0 Å². The second-order valence-corrected chi connectivity index (χ2v) is 17.5. The second-order valence-electron chi connectivity index (χ2n) is 17.0. The Balaban J connectivity index is 1.02. The average Bonchev–Trinajstić information content (AvgIpc) is 3.38. The molecular formula is C39H68O6S. The van der Waals surface area contributed by atoms with Gasteiger partial charge in [0.25, 0.3) is 0 Å². The topological polar surface area (TPSA) is 88.4 Å². The van der Waals surface area contributed by atoms with E-state index in [0.29, 0.717) is 23.5 Å². The number of hydrogen-bond donors (Lipinski definition) is 4. The number of rotatable bonds is 15. The van der Waals surface area contributed by atoms with E-state index in [9.17, 15) is 15.3 Å². The van der Waals surface area contributed by atoms with Crippen molar-refractivity contribution in [3.63, 3.8) is 0 Å². The molecule has 0 aromatic rings. The van der Waals surface area contributed by atoms with Gasteiger partial charge < -0.3 is 29.5 Å².